The monoisotopic (exact) mass is 188 g/mol. The maximum absolute atomic E-state index is 11.5. The first-order valence-electron chi connectivity index (χ1n) is 4.38. The van der Waals surface area contributed by atoms with E-state index in [9.17, 15) is 4.79 Å². The second-order valence-corrected chi connectivity index (χ2v) is 2.86. The van der Waals surface area contributed by atoms with Gasteiger partial charge in [0.15, 0.2) is 5.78 Å². The normalized spacial score (nSPS) is 9.14. The average Bonchev–Trinajstić information content (AvgIpc) is 2.26. The second-order valence-electron chi connectivity index (χ2n) is 2.86. The summed E-state index contributed by atoms with van der Waals surface area (Å²) < 4.78 is 5.02. The summed E-state index contributed by atoms with van der Waals surface area (Å²) in [6, 6.07) is 7.08. The summed E-state index contributed by atoms with van der Waals surface area (Å²) in [7, 11) is 1.57. The van der Waals surface area contributed by atoms with Crippen LogP contribution in [0.25, 0.3) is 0 Å². The molecule has 1 aromatic carbocycles. The van der Waals surface area contributed by atoms with E-state index in [1.165, 1.54) is 0 Å². The number of benzene rings is 1. The van der Waals surface area contributed by atoms with Gasteiger partial charge >= 0.3 is 0 Å². The van der Waals surface area contributed by atoms with Crippen LogP contribution in [0.15, 0.2) is 24.3 Å². The third-order valence-electron chi connectivity index (χ3n) is 1.89. The van der Waals surface area contributed by atoms with Crippen LogP contribution in [0.1, 0.15) is 23.2 Å². The third kappa shape index (κ3) is 2.63. The minimum atomic E-state index is 0.0573. The van der Waals surface area contributed by atoms with E-state index in [0.717, 1.165) is 0 Å². The number of ketones is 1. The average molecular weight is 188 g/mol. The molecular formula is C12H12O2. The molecule has 0 aliphatic carbocycles. The molecule has 0 amide bonds. The smallest absolute Gasteiger partial charge is 0.163 e. The molecule has 0 atom stereocenters. The van der Waals surface area contributed by atoms with Crippen LogP contribution in [0.4, 0.5) is 0 Å². The van der Waals surface area contributed by atoms with Crippen molar-refractivity contribution in [3.63, 3.8) is 0 Å². The molecule has 0 aliphatic rings. The van der Waals surface area contributed by atoms with Crippen molar-refractivity contribution in [2.24, 2.45) is 0 Å². The Morgan fingerprint density at radius 3 is 3.00 bits per heavy atom. The van der Waals surface area contributed by atoms with Crippen LogP contribution in [0.5, 0.6) is 5.75 Å². The van der Waals surface area contributed by atoms with Crippen LogP contribution in [0, 0.1) is 12.3 Å². The summed E-state index contributed by atoms with van der Waals surface area (Å²) in [6.45, 7) is 0. The summed E-state index contributed by atoms with van der Waals surface area (Å²) in [4.78, 5) is 11.5. The molecule has 0 aliphatic heterocycles. The molecule has 72 valence electrons. The number of methoxy groups -OCH3 is 1. The van der Waals surface area contributed by atoms with Gasteiger partial charge in [0, 0.05) is 18.4 Å². The van der Waals surface area contributed by atoms with Gasteiger partial charge in [-0.1, -0.05) is 12.1 Å². The van der Waals surface area contributed by atoms with Crippen molar-refractivity contribution >= 4 is 5.78 Å². The Morgan fingerprint density at radius 2 is 2.36 bits per heavy atom. The van der Waals surface area contributed by atoms with Crippen molar-refractivity contribution in [3.05, 3.63) is 29.8 Å². The highest BCUT2D eigenvalue weighted by molar-refractivity contribution is 5.96. The first-order chi connectivity index (χ1) is 6.77. The van der Waals surface area contributed by atoms with E-state index in [1.54, 1.807) is 31.4 Å². The predicted octanol–water partition coefficient (Wildman–Crippen LogP) is 2.29. The van der Waals surface area contributed by atoms with Gasteiger partial charge in [0.1, 0.15) is 5.75 Å². The Bertz CT molecular complexity index is 361. The van der Waals surface area contributed by atoms with E-state index >= 15 is 0 Å². The summed E-state index contributed by atoms with van der Waals surface area (Å²) >= 11 is 0. The van der Waals surface area contributed by atoms with Crippen molar-refractivity contribution in [3.8, 4) is 18.1 Å². The zero-order valence-corrected chi connectivity index (χ0v) is 8.12. The Kier molecular flexibility index (Phi) is 3.75. The number of ether oxygens (including phenoxy) is 1. The van der Waals surface area contributed by atoms with Crippen LogP contribution in [0.2, 0.25) is 0 Å². The van der Waals surface area contributed by atoms with Crippen molar-refractivity contribution in [2.45, 2.75) is 12.8 Å². The first kappa shape index (κ1) is 10.3. The van der Waals surface area contributed by atoms with Crippen molar-refractivity contribution in [2.75, 3.05) is 7.11 Å². The highest BCUT2D eigenvalue weighted by atomic mass is 16.5. The summed E-state index contributed by atoms with van der Waals surface area (Å²) in [5, 5.41) is 0. The largest absolute Gasteiger partial charge is 0.497 e. The van der Waals surface area contributed by atoms with Crippen molar-refractivity contribution in [1.29, 1.82) is 0 Å². The molecule has 0 saturated carbocycles. The number of rotatable bonds is 4. The lowest BCUT2D eigenvalue weighted by molar-refractivity contribution is 0.0984. The molecular weight excluding hydrogens is 176 g/mol. The fraction of sp³-hybridized carbons (Fsp3) is 0.250. The SMILES string of the molecule is C#CCCC(=O)c1cccc(OC)c1. The number of hydrogen-bond acceptors (Lipinski definition) is 2. The number of Topliss-reactive ketones (excluding diaryl/α,β-unsaturated/α-hetero) is 1. The molecule has 0 bridgehead atoms. The Labute approximate surface area is 83.9 Å². The number of carbonyl (C=O) groups is 1. The number of terminal acetylenes is 1. The molecule has 1 rings (SSSR count). The molecule has 0 unspecified atom stereocenters. The molecule has 0 aromatic heterocycles. The molecule has 0 fully saturated rings. The molecule has 0 heterocycles. The Balaban J connectivity index is 2.75. The molecule has 1 aromatic rings. The quantitative estimate of drug-likeness (QED) is 0.535. The predicted molar refractivity (Wildman–Crippen MR) is 55.4 cm³/mol. The van der Waals surface area contributed by atoms with Gasteiger partial charge in [-0.05, 0) is 12.1 Å². The van der Waals surface area contributed by atoms with Gasteiger partial charge in [0.25, 0.3) is 0 Å². The summed E-state index contributed by atoms with van der Waals surface area (Å²) in [6.07, 6.45) is 5.96. The van der Waals surface area contributed by atoms with Crippen LogP contribution in [-0.2, 0) is 0 Å². The fourth-order valence-corrected chi connectivity index (χ4v) is 1.13. The van der Waals surface area contributed by atoms with E-state index < -0.39 is 0 Å². The maximum Gasteiger partial charge on any atom is 0.163 e. The maximum atomic E-state index is 11.5. The third-order valence-corrected chi connectivity index (χ3v) is 1.89. The lowest BCUT2D eigenvalue weighted by atomic mass is 10.1. The van der Waals surface area contributed by atoms with Gasteiger partial charge in [-0.15, -0.1) is 12.3 Å². The minimum absolute atomic E-state index is 0.0573. The molecule has 14 heavy (non-hydrogen) atoms. The lowest BCUT2D eigenvalue weighted by Gasteiger charge is -2.02. The molecule has 0 radical (unpaired) electrons. The lowest BCUT2D eigenvalue weighted by Crippen LogP contribution is -1.98. The highest BCUT2D eigenvalue weighted by Gasteiger charge is 2.05. The van der Waals surface area contributed by atoms with E-state index in [-0.39, 0.29) is 5.78 Å². The second kappa shape index (κ2) is 5.08. The van der Waals surface area contributed by atoms with Crippen LogP contribution in [-0.4, -0.2) is 12.9 Å². The van der Waals surface area contributed by atoms with Gasteiger partial charge in [-0.25, -0.2) is 0 Å². The minimum Gasteiger partial charge on any atom is -0.497 e. The van der Waals surface area contributed by atoms with Crippen LogP contribution < -0.4 is 4.74 Å². The van der Waals surface area contributed by atoms with E-state index in [4.69, 9.17) is 11.2 Å². The highest BCUT2D eigenvalue weighted by Crippen LogP contribution is 2.14. The van der Waals surface area contributed by atoms with E-state index in [1.807, 2.05) is 0 Å². The van der Waals surface area contributed by atoms with Gasteiger partial charge in [-0.2, -0.15) is 0 Å². The van der Waals surface area contributed by atoms with Crippen LogP contribution in [0.3, 0.4) is 0 Å². The van der Waals surface area contributed by atoms with E-state index in [2.05, 4.69) is 5.92 Å². The standard InChI is InChI=1S/C12H12O2/c1-3-4-8-12(13)10-6-5-7-11(9-10)14-2/h1,5-7,9H,4,8H2,2H3. The summed E-state index contributed by atoms with van der Waals surface area (Å²) in [5.41, 5.74) is 0.652. The van der Waals surface area contributed by atoms with E-state index in [0.29, 0.717) is 24.2 Å². The van der Waals surface area contributed by atoms with Gasteiger partial charge in [0.05, 0.1) is 7.11 Å². The zero-order chi connectivity index (χ0) is 10.4. The molecule has 2 nitrogen and oxygen atoms in total. The number of hydrogen-bond donors (Lipinski definition) is 0. The van der Waals surface area contributed by atoms with Crippen molar-refractivity contribution < 1.29 is 9.53 Å². The van der Waals surface area contributed by atoms with Crippen LogP contribution >= 0.6 is 0 Å². The Morgan fingerprint density at radius 1 is 1.57 bits per heavy atom. The Hall–Kier alpha value is -1.75. The number of carbonyl (C=O) groups excluding carboxylic acids is 1. The topological polar surface area (TPSA) is 26.3 Å². The van der Waals surface area contributed by atoms with Gasteiger partial charge < -0.3 is 4.74 Å². The summed E-state index contributed by atoms with van der Waals surface area (Å²) in [5.74, 6) is 3.19. The molecule has 0 spiro atoms. The zero-order valence-electron chi connectivity index (χ0n) is 8.12. The van der Waals surface area contributed by atoms with Crippen molar-refractivity contribution in [1.82, 2.24) is 0 Å². The molecule has 2 heteroatoms. The van der Waals surface area contributed by atoms with Gasteiger partial charge in [0.2, 0.25) is 0 Å². The first-order valence-corrected chi connectivity index (χ1v) is 4.38. The molecule has 0 saturated heterocycles. The molecule has 0 N–H and O–H groups in total. The fourth-order valence-electron chi connectivity index (χ4n) is 1.13. The van der Waals surface area contributed by atoms with Gasteiger partial charge in [-0.3, -0.25) is 4.79 Å².